The van der Waals surface area contributed by atoms with E-state index in [1.807, 2.05) is 7.05 Å². The van der Waals surface area contributed by atoms with Crippen molar-refractivity contribution in [2.75, 3.05) is 26.7 Å². The molecule has 0 spiro atoms. The van der Waals surface area contributed by atoms with Crippen LogP contribution in [0.2, 0.25) is 0 Å². The highest BCUT2D eigenvalue weighted by Crippen LogP contribution is 2.29. The third-order valence-corrected chi connectivity index (χ3v) is 4.03. The Kier molecular flexibility index (Phi) is 3.43. The highest BCUT2D eigenvalue weighted by atomic mass is 19.2. The maximum Gasteiger partial charge on any atom is 0.238 e. The number of nitrogens with zero attached hydrogens (tertiary/aromatic N) is 2. The zero-order chi connectivity index (χ0) is 14.3. The van der Waals surface area contributed by atoms with Crippen molar-refractivity contribution in [2.45, 2.75) is 18.6 Å². The van der Waals surface area contributed by atoms with Gasteiger partial charge in [0.2, 0.25) is 5.91 Å². The molecule has 1 N–H and O–H groups in total. The van der Waals surface area contributed by atoms with Crippen LogP contribution in [0, 0.1) is 11.6 Å². The number of amides is 1. The quantitative estimate of drug-likeness (QED) is 0.882. The molecule has 2 atom stereocenters. The molecule has 108 valence electrons. The van der Waals surface area contributed by atoms with Crippen molar-refractivity contribution in [3.63, 3.8) is 0 Å². The first-order chi connectivity index (χ1) is 9.56. The van der Waals surface area contributed by atoms with Crippen molar-refractivity contribution >= 4 is 5.91 Å². The lowest BCUT2D eigenvalue weighted by Crippen LogP contribution is -2.41. The summed E-state index contributed by atoms with van der Waals surface area (Å²) < 4.78 is 26.4. The summed E-state index contributed by atoms with van der Waals surface area (Å²) in [6.07, 6.45) is 0.540. The molecule has 0 saturated carbocycles. The number of carbonyl (C=O) groups excluding carboxylic acids is 1. The van der Waals surface area contributed by atoms with Crippen molar-refractivity contribution < 1.29 is 13.6 Å². The van der Waals surface area contributed by atoms with Crippen LogP contribution >= 0.6 is 0 Å². The van der Waals surface area contributed by atoms with Gasteiger partial charge in [0, 0.05) is 12.6 Å². The van der Waals surface area contributed by atoms with Crippen LogP contribution in [-0.4, -0.2) is 48.4 Å². The molecule has 2 aliphatic rings. The molecule has 4 nitrogen and oxygen atoms in total. The standard InChI is InChI=1S/C14H17F2N3O/c1-18-5-4-10(8-18)19-13(20)7-17-14(19)9-2-3-11(15)12(16)6-9/h2-3,6,10,14,17H,4-5,7-8H2,1H3. The lowest BCUT2D eigenvalue weighted by Gasteiger charge is -2.30. The number of benzene rings is 1. The van der Waals surface area contributed by atoms with Crippen LogP contribution in [-0.2, 0) is 4.79 Å². The number of nitrogens with one attached hydrogen (secondary N) is 1. The molecule has 6 heteroatoms. The van der Waals surface area contributed by atoms with Gasteiger partial charge in [0.1, 0.15) is 6.17 Å². The molecule has 2 heterocycles. The van der Waals surface area contributed by atoms with Crippen molar-refractivity contribution in [3.8, 4) is 0 Å². The summed E-state index contributed by atoms with van der Waals surface area (Å²) in [6, 6.07) is 3.92. The Labute approximate surface area is 116 Å². The Morgan fingerprint density at radius 1 is 1.30 bits per heavy atom. The smallest absolute Gasteiger partial charge is 0.238 e. The zero-order valence-electron chi connectivity index (χ0n) is 11.3. The molecule has 0 bridgehead atoms. The van der Waals surface area contributed by atoms with E-state index in [0.717, 1.165) is 31.6 Å². The minimum atomic E-state index is -0.882. The molecule has 1 amide bonds. The van der Waals surface area contributed by atoms with E-state index in [1.54, 1.807) is 4.90 Å². The average molecular weight is 281 g/mol. The van der Waals surface area contributed by atoms with Gasteiger partial charge in [0.15, 0.2) is 11.6 Å². The minimum absolute atomic E-state index is 0.0139. The van der Waals surface area contributed by atoms with Gasteiger partial charge in [-0.15, -0.1) is 0 Å². The normalized spacial score (nSPS) is 27.6. The van der Waals surface area contributed by atoms with Crippen molar-refractivity contribution in [2.24, 2.45) is 0 Å². The third kappa shape index (κ3) is 2.29. The van der Waals surface area contributed by atoms with Crippen LogP contribution in [0.3, 0.4) is 0 Å². The topological polar surface area (TPSA) is 35.6 Å². The second kappa shape index (κ2) is 5.10. The molecule has 20 heavy (non-hydrogen) atoms. The van der Waals surface area contributed by atoms with E-state index in [-0.39, 0.29) is 24.7 Å². The van der Waals surface area contributed by atoms with Crippen LogP contribution in [0.15, 0.2) is 18.2 Å². The summed E-state index contributed by atoms with van der Waals surface area (Å²) in [6.45, 7) is 2.00. The first kappa shape index (κ1) is 13.5. The number of hydrogen-bond donors (Lipinski definition) is 1. The van der Waals surface area contributed by atoms with Crippen LogP contribution < -0.4 is 5.32 Å². The molecular weight excluding hydrogens is 264 g/mol. The van der Waals surface area contributed by atoms with Gasteiger partial charge in [-0.1, -0.05) is 6.07 Å². The van der Waals surface area contributed by atoms with Crippen LogP contribution in [0.4, 0.5) is 8.78 Å². The predicted octanol–water partition coefficient (Wildman–Crippen LogP) is 1.10. The van der Waals surface area contributed by atoms with Crippen LogP contribution in [0.25, 0.3) is 0 Å². The lowest BCUT2D eigenvalue weighted by atomic mass is 10.1. The average Bonchev–Trinajstić information content (AvgIpc) is 2.99. The second-order valence-electron chi connectivity index (χ2n) is 5.46. The van der Waals surface area contributed by atoms with Crippen molar-refractivity contribution in [1.82, 2.24) is 15.1 Å². The van der Waals surface area contributed by atoms with Gasteiger partial charge in [0.25, 0.3) is 0 Å². The summed E-state index contributed by atoms with van der Waals surface area (Å²) in [4.78, 5) is 16.0. The fourth-order valence-electron chi connectivity index (χ4n) is 3.03. The SMILES string of the molecule is CN1CCC(N2C(=O)CNC2c2ccc(F)c(F)c2)C1. The number of hydrogen-bond acceptors (Lipinski definition) is 3. The van der Waals surface area contributed by atoms with E-state index in [4.69, 9.17) is 0 Å². The van der Waals surface area contributed by atoms with Crippen molar-refractivity contribution in [3.05, 3.63) is 35.4 Å². The number of likely N-dealkylation sites (N-methyl/N-ethyl adjacent to an activating group) is 1. The highest BCUT2D eigenvalue weighted by Gasteiger charge is 2.39. The van der Waals surface area contributed by atoms with E-state index in [9.17, 15) is 13.6 Å². The van der Waals surface area contributed by atoms with E-state index < -0.39 is 11.6 Å². The van der Waals surface area contributed by atoms with E-state index in [0.29, 0.717) is 5.56 Å². The Balaban J connectivity index is 1.87. The second-order valence-corrected chi connectivity index (χ2v) is 5.46. The van der Waals surface area contributed by atoms with Gasteiger partial charge in [-0.05, 0) is 37.7 Å². The third-order valence-electron chi connectivity index (χ3n) is 4.03. The van der Waals surface area contributed by atoms with Gasteiger partial charge >= 0.3 is 0 Å². The molecule has 1 aromatic rings. The predicted molar refractivity (Wildman–Crippen MR) is 69.8 cm³/mol. The molecule has 2 unspecified atom stereocenters. The first-order valence-electron chi connectivity index (χ1n) is 6.74. The molecule has 3 rings (SSSR count). The van der Waals surface area contributed by atoms with Gasteiger partial charge in [-0.25, -0.2) is 8.78 Å². The molecule has 2 saturated heterocycles. The molecule has 0 aliphatic carbocycles. The summed E-state index contributed by atoms with van der Waals surface area (Å²) in [5, 5.41) is 3.08. The van der Waals surface area contributed by atoms with Crippen LogP contribution in [0.1, 0.15) is 18.2 Å². The Morgan fingerprint density at radius 3 is 2.75 bits per heavy atom. The maximum absolute atomic E-state index is 13.4. The van der Waals surface area contributed by atoms with E-state index in [1.165, 1.54) is 6.07 Å². The van der Waals surface area contributed by atoms with E-state index in [2.05, 4.69) is 10.2 Å². The van der Waals surface area contributed by atoms with Gasteiger partial charge in [-0.2, -0.15) is 0 Å². The molecular formula is C14H17F2N3O. The van der Waals surface area contributed by atoms with Crippen LogP contribution in [0.5, 0.6) is 0 Å². The summed E-state index contributed by atoms with van der Waals surface area (Å²) in [5.74, 6) is -1.74. The Bertz CT molecular complexity index is 537. The molecule has 0 radical (unpaired) electrons. The summed E-state index contributed by atoms with van der Waals surface area (Å²) in [7, 11) is 2.01. The lowest BCUT2D eigenvalue weighted by molar-refractivity contribution is -0.130. The Morgan fingerprint density at radius 2 is 2.10 bits per heavy atom. The first-order valence-corrected chi connectivity index (χ1v) is 6.74. The molecule has 2 aliphatic heterocycles. The zero-order valence-corrected chi connectivity index (χ0v) is 11.3. The van der Waals surface area contributed by atoms with Gasteiger partial charge in [0.05, 0.1) is 6.54 Å². The van der Waals surface area contributed by atoms with Crippen molar-refractivity contribution in [1.29, 1.82) is 0 Å². The maximum atomic E-state index is 13.4. The monoisotopic (exact) mass is 281 g/mol. The fourth-order valence-corrected chi connectivity index (χ4v) is 3.03. The fraction of sp³-hybridized carbons (Fsp3) is 0.500. The minimum Gasteiger partial charge on any atom is -0.317 e. The highest BCUT2D eigenvalue weighted by molar-refractivity contribution is 5.81. The summed E-state index contributed by atoms with van der Waals surface area (Å²) in [5.41, 5.74) is 0.587. The molecule has 2 fully saturated rings. The largest absolute Gasteiger partial charge is 0.317 e. The van der Waals surface area contributed by atoms with Gasteiger partial charge in [-0.3, -0.25) is 10.1 Å². The number of rotatable bonds is 2. The molecule has 0 aromatic heterocycles. The summed E-state index contributed by atoms with van der Waals surface area (Å²) >= 11 is 0. The van der Waals surface area contributed by atoms with E-state index >= 15 is 0 Å². The number of halogens is 2. The number of carbonyl (C=O) groups is 1. The number of likely N-dealkylation sites (tertiary alicyclic amines) is 1. The Hall–Kier alpha value is -1.53. The van der Waals surface area contributed by atoms with Gasteiger partial charge < -0.3 is 9.80 Å². The molecule has 1 aromatic carbocycles.